The lowest BCUT2D eigenvalue weighted by Crippen LogP contribution is -2.00. The van der Waals surface area contributed by atoms with Crippen molar-refractivity contribution < 1.29 is 4.42 Å². The number of hydrogen-bond donors (Lipinski definition) is 1. The molecule has 0 aliphatic carbocycles. The Hall–Kier alpha value is -0.550. The summed E-state index contributed by atoms with van der Waals surface area (Å²) in [6.07, 6.45) is 3.58. The van der Waals surface area contributed by atoms with Crippen LogP contribution in [0.2, 0.25) is 0 Å². The van der Waals surface area contributed by atoms with E-state index in [1.807, 2.05) is 6.26 Å². The smallest absolute Gasteiger partial charge is 0.276 e. The summed E-state index contributed by atoms with van der Waals surface area (Å²) < 4.78 is 5.22. The first kappa shape index (κ1) is 8.55. The van der Waals surface area contributed by atoms with E-state index in [-0.39, 0.29) is 0 Å². The maximum absolute atomic E-state index is 5.32. The molecular formula is C6H11N3OS. The van der Waals surface area contributed by atoms with Crippen LogP contribution in [0.15, 0.2) is 9.64 Å². The minimum Gasteiger partial charge on any atom is -0.416 e. The van der Waals surface area contributed by atoms with Crippen molar-refractivity contribution in [2.45, 2.75) is 18.1 Å². The van der Waals surface area contributed by atoms with E-state index in [4.69, 9.17) is 10.2 Å². The van der Waals surface area contributed by atoms with E-state index in [9.17, 15) is 0 Å². The number of aromatic nitrogens is 2. The molecule has 0 aromatic carbocycles. The molecule has 0 radical (unpaired) electrons. The van der Waals surface area contributed by atoms with Crippen molar-refractivity contribution in [2.75, 3.05) is 12.8 Å². The van der Waals surface area contributed by atoms with Crippen LogP contribution in [0.1, 0.15) is 12.3 Å². The minimum absolute atomic E-state index is 0.622. The Kier molecular flexibility index (Phi) is 3.38. The molecule has 1 aromatic heterocycles. The van der Waals surface area contributed by atoms with Gasteiger partial charge in [0.1, 0.15) is 0 Å². The van der Waals surface area contributed by atoms with Crippen molar-refractivity contribution in [2.24, 2.45) is 5.73 Å². The van der Waals surface area contributed by atoms with Crippen LogP contribution in [0.3, 0.4) is 0 Å². The van der Waals surface area contributed by atoms with Gasteiger partial charge in [0.25, 0.3) is 5.22 Å². The predicted octanol–water partition coefficient (Wildman–Crippen LogP) is 0.683. The van der Waals surface area contributed by atoms with Crippen molar-refractivity contribution in [3.63, 3.8) is 0 Å². The highest BCUT2D eigenvalue weighted by Crippen LogP contribution is 2.12. The SMILES string of the molecule is CSc1nnc(CCCN)o1. The summed E-state index contributed by atoms with van der Waals surface area (Å²) in [5, 5.41) is 8.25. The van der Waals surface area contributed by atoms with Gasteiger partial charge in [0.15, 0.2) is 0 Å². The van der Waals surface area contributed by atoms with Gasteiger partial charge in [-0.15, -0.1) is 10.2 Å². The summed E-state index contributed by atoms with van der Waals surface area (Å²) in [6, 6.07) is 0. The largest absolute Gasteiger partial charge is 0.416 e. The van der Waals surface area contributed by atoms with Crippen molar-refractivity contribution in [1.29, 1.82) is 0 Å². The van der Waals surface area contributed by atoms with Crippen LogP contribution in [-0.4, -0.2) is 23.0 Å². The number of nitrogens with zero attached hydrogens (tertiary/aromatic N) is 2. The summed E-state index contributed by atoms with van der Waals surface area (Å²) in [4.78, 5) is 0. The zero-order valence-corrected chi connectivity index (χ0v) is 7.23. The van der Waals surface area contributed by atoms with Crippen molar-refractivity contribution in [3.8, 4) is 0 Å². The quantitative estimate of drug-likeness (QED) is 0.678. The zero-order valence-electron chi connectivity index (χ0n) is 6.41. The average molecular weight is 173 g/mol. The standard InChI is InChI=1S/C6H11N3OS/c1-11-6-9-8-5(10-6)3-2-4-7/h2-4,7H2,1H3. The monoisotopic (exact) mass is 173 g/mol. The number of nitrogens with two attached hydrogens (primary N) is 1. The first-order valence-electron chi connectivity index (χ1n) is 3.43. The van der Waals surface area contributed by atoms with Gasteiger partial charge in [0.2, 0.25) is 5.89 Å². The normalized spacial score (nSPS) is 10.4. The fourth-order valence-electron chi connectivity index (χ4n) is 0.675. The van der Waals surface area contributed by atoms with E-state index >= 15 is 0 Å². The van der Waals surface area contributed by atoms with Crippen LogP contribution in [-0.2, 0) is 6.42 Å². The molecule has 4 nitrogen and oxygen atoms in total. The van der Waals surface area contributed by atoms with E-state index < -0.39 is 0 Å². The van der Waals surface area contributed by atoms with Crippen LogP contribution < -0.4 is 5.73 Å². The molecular weight excluding hydrogens is 162 g/mol. The van der Waals surface area contributed by atoms with Gasteiger partial charge in [-0.05, 0) is 19.2 Å². The summed E-state index contributed by atoms with van der Waals surface area (Å²) in [5.74, 6) is 0.680. The van der Waals surface area contributed by atoms with E-state index in [1.165, 1.54) is 11.8 Å². The summed E-state index contributed by atoms with van der Waals surface area (Å²) >= 11 is 1.45. The van der Waals surface area contributed by atoms with Gasteiger partial charge in [-0.1, -0.05) is 11.8 Å². The number of thioether (sulfide) groups is 1. The maximum Gasteiger partial charge on any atom is 0.276 e. The lowest BCUT2D eigenvalue weighted by Gasteiger charge is -1.88. The van der Waals surface area contributed by atoms with E-state index in [1.54, 1.807) is 0 Å². The highest BCUT2D eigenvalue weighted by Gasteiger charge is 2.02. The molecule has 11 heavy (non-hydrogen) atoms. The first-order valence-corrected chi connectivity index (χ1v) is 4.65. The Morgan fingerprint density at radius 1 is 1.55 bits per heavy atom. The second kappa shape index (κ2) is 4.35. The molecule has 1 rings (SSSR count). The summed E-state index contributed by atoms with van der Waals surface area (Å²) in [6.45, 7) is 0.664. The lowest BCUT2D eigenvalue weighted by molar-refractivity contribution is 0.410. The van der Waals surface area contributed by atoms with Gasteiger partial charge < -0.3 is 10.2 Å². The highest BCUT2D eigenvalue weighted by atomic mass is 32.2. The maximum atomic E-state index is 5.32. The average Bonchev–Trinajstić information content (AvgIpc) is 2.48. The Balaban J connectivity index is 2.44. The minimum atomic E-state index is 0.622. The molecule has 1 aromatic rings. The van der Waals surface area contributed by atoms with Gasteiger partial charge in [-0.25, -0.2) is 0 Å². The van der Waals surface area contributed by atoms with Crippen molar-refractivity contribution in [1.82, 2.24) is 10.2 Å². The van der Waals surface area contributed by atoms with E-state index in [0.717, 1.165) is 12.8 Å². The first-order chi connectivity index (χ1) is 5.36. The van der Waals surface area contributed by atoms with Crippen LogP contribution in [0, 0.1) is 0 Å². The molecule has 0 saturated carbocycles. The zero-order chi connectivity index (χ0) is 8.10. The van der Waals surface area contributed by atoms with Gasteiger partial charge in [-0.2, -0.15) is 0 Å². The highest BCUT2D eigenvalue weighted by molar-refractivity contribution is 7.98. The third-order valence-corrected chi connectivity index (χ3v) is 1.73. The molecule has 1 heterocycles. The van der Waals surface area contributed by atoms with Crippen LogP contribution in [0.25, 0.3) is 0 Å². The molecule has 0 aliphatic heterocycles. The second-order valence-electron chi connectivity index (χ2n) is 2.06. The van der Waals surface area contributed by atoms with Crippen LogP contribution in [0.4, 0.5) is 0 Å². The molecule has 0 unspecified atom stereocenters. The van der Waals surface area contributed by atoms with Gasteiger partial charge in [0, 0.05) is 6.42 Å². The van der Waals surface area contributed by atoms with Gasteiger partial charge in [-0.3, -0.25) is 0 Å². The Labute approximate surface area is 69.6 Å². The third kappa shape index (κ3) is 2.51. The van der Waals surface area contributed by atoms with E-state index in [2.05, 4.69) is 10.2 Å². The van der Waals surface area contributed by atoms with E-state index in [0.29, 0.717) is 17.7 Å². The topological polar surface area (TPSA) is 64.9 Å². The molecule has 0 saturated heterocycles. The predicted molar refractivity (Wildman–Crippen MR) is 43.5 cm³/mol. The number of hydrogen-bond acceptors (Lipinski definition) is 5. The van der Waals surface area contributed by atoms with Crippen molar-refractivity contribution >= 4 is 11.8 Å². The molecule has 5 heteroatoms. The van der Waals surface area contributed by atoms with Gasteiger partial charge >= 0.3 is 0 Å². The molecule has 0 amide bonds. The van der Waals surface area contributed by atoms with Crippen LogP contribution in [0.5, 0.6) is 0 Å². The fourth-order valence-corrected chi connectivity index (χ4v) is 0.977. The molecule has 2 N–H and O–H groups in total. The molecule has 0 aliphatic rings. The molecule has 0 spiro atoms. The molecule has 62 valence electrons. The molecule has 0 atom stereocenters. The molecule has 0 fully saturated rings. The van der Waals surface area contributed by atoms with Gasteiger partial charge in [0.05, 0.1) is 0 Å². The Morgan fingerprint density at radius 2 is 2.36 bits per heavy atom. The lowest BCUT2D eigenvalue weighted by atomic mass is 10.3. The third-order valence-electron chi connectivity index (χ3n) is 1.22. The second-order valence-corrected chi connectivity index (χ2v) is 2.82. The summed E-state index contributed by atoms with van der Waals surface area (Å²) in [7, 11) is 0. The number of rotatable bonds is 4. The Bertz CT molecular complexity index is 213. The van der Waals surface area contributed by atoms with Crippen LogP contribution >= 0.6 is 11.8 Å². The number of aryl methyl sites for hydroxylation is 1. The fraction of sp³-hybridized carbons (Fsp3) is 0.667. The Morgan fingerprint density at radius 3 is 2.91 bits per heavy atom. The molecule has 0 bridgehead atoms. The van der Waals surface area contributed by atoms with Crippen molar-refractivity contribution in [3.05, 3.63) is 5.89 Å². The summed E-state index contributed by atoms with van der Waals surface area (Å²) in [5.41, 5.74) is 5.32.